The van der Waals surface area contributed by atoms with Gasteiger partial charge in [-0.05, 0) is 38.8 Å². The summed E-state index contributed by atoms with van der Waals surface area (Å²) >= 11 is 0. The number of benzene rings is 1. The van der Waals surface area contributed by atoms with Crippen LogP contribution in [0.25, 0.3) is 0 Å². The number of nitrogens with zero attached hydrogens (tertiary/aromatic N) is 1. The van der Waals surface area contributed by atoms with E-state index in [2.05, 4.69) is 12.2 Å². The molecular formula is C13H18N2O3. The number of ether oxygens (including phenoxy) is 1. The molecule has 0 bridgehead atoms. The van der Waals surface area contributed by atoms with Crippen molar-refractivity contribution in [3.63, 3.8) is 0 Å². The number of anilines is 1. The van der Waals surface area contributed by atoms with Crippen LogP contribution in [-0.2, 0) is 4.74 Å². The number of aryl methyl sites for hydroxylation is 1. The van der Waals surface area contributed by atoms with E-state index in [1.807, 2.05) is 6.07 Å². The van der Waals surface area contributed by atoms with E-state index in [0.29, 0.717) is 11.6 Å². The summed E-state index contributed by atoms with van der Waals surface area (Å²) in [5.41, 5.74) is 1.79. The summed E-state index contributed by atoms with van der Waals surface area (Å²) in [6, 6.07) is 5.54. The first-order chi connectivity index (χ1) is 8.56. The van der Waals surface area contributed by atoms with Crippen molar-refractivity contribution in [1.82, 2.24) is 0 Å². The van der Waals surface area contributed by atoms with Crippen molar-refractivity contribution in [2.24, 2.45) is 0 Å². The van der Waals surface area contributed by atoms with Crippen molar-refractivity contribution in [2.45, 2.75) is 38.8 Å². The summed E-state index contributed by atoms with van der Waals surface area (Å²) in [4.78, 5) is 10.4. The Morgan fingerprint density at radius 2 is 2.28 bits per heavy atom. The van der Waals surface area contributed by atoms with Gasteiger partial charge in [0.25, 0.3) is 5.69 Å². The minimum atomic E-state index is -0.352. The maximum Gasteiger partial charge on any atom is 0.272 e. The molecule has 1 aromatic rings. The van der Waals surface area contributed by atoms with Crippen LogP contribution in [0.3, 0.4) is 0 Å². The number of nitrogens with one attached hydrogen (secondary N) is 1. The summed E-state index contributed by atoms with van der Waals surface area (Å²) in [5.74, 6) is 0. The molecular weight excluding hydrogens is 232 g/mol. The van der Waals surface area contributed by atoms with E-state index >= 15 is 0 Å². The second kappa shape index (κ2) is 5.35. The summed E-state index contributed by atoms with van der Waals surface area (Å²) < 4.78 is 5.49. The topological polar surface area (TPSA) is 64.4 Å². The van der Waals surface area contributed by atoms with Crippen LogP contribution in [-0.4, -0.2) is 23.7 Å². The lowest BCUT2D eigenvalue weighted by Crippen LogP contribution is -2.32. The van der Waals surface area contributed by atoms with Gasteiger partial charge in [-0.15, -0.1) is 0 Å². The molecule has 1 saturated heterocycles. The molecule has 0 spiro atoms. The largest absolute Gasteiger partial charge is 0.382 e. The fourth-order valence-electron chi connectivity index (χ4n) is 2.31. The predicted octanol–water partition coefficient (Wildman–Crippen LogP) is 2.88. The molecule has 98 valence electrons. The van der Waals surface area contributed by atoms with Gasteiger partial charge < -0.3 is 10.1 Å². The van der Waals surface area contributed by atoms with E-state index in [4.69, 9.17) is 4.74 Å². The fraction of sp³-hybridized carbons (Fsp3) is 0.538. The number of nitro benzene ring substituents is 1. The number of nitro groups is 1. The highest BCUT2D eigenvalue weighted by Gasteiger charge is 2.19. The summed E-state index contributed by atoms with van der Waals surface area (Å²) in [5, 5.41) is 14.2. The second-order valence-electron chi connectivity index (χ2n) is 4.81. The van der Waals surface area contributed by atoms with Crippen molar-refractivity contribution in [3.8, 4) is 0 Å². The maximum atomic E-state index is 10.7. The van der Waals surface area contributed by atoms with Gasteiger partial charge in [-0.25, -0.2) is 0 Å². The summed E-state index contributed by atoms with van der Waals surface area (Å²) in [7, 11) is 0. The second-order valence-corrected chi connectivity index (χ2v) is 4.81. The van der Waals surface area contributed by atoms with Gasteiger partial charge in [0, 0.05) is 30.0 Å². The van der Waals surface area contributed by atoms with Crippen LogP contribution in [0.2, 0.25) is 0 Å². The summed E-state index contributed by atoms with van der Waals surface area (Å²) in [6.45, 7) is 4.59. The Morgan fingerprint density at radius 1 is 1.50 bits per heavy atom. The molecule has 1 aromatic carbocycles. The van der Waals surface area contributed by atoms with Crippen LogP contribution in [0.5, 0.6) is 0 Å². The molecule has 2 unspecified atom stereocenters. The Hall–Kier alpha value is -1.62. The first-order valence-corrected chi connectivity index (χ1v) is 6.19. The zero-order valence-electron chi connectivity index (χ0n) is 10.7. The lowest BCUT2D eigenvalue weighted by Gasteiger charge is -2.28. The van der Waals surface area contributed by atoms with Gasteiger partial charge in [-0.3, -0.25) is 10.1 Å². The zero-order valence-corrected chi connectivity index (χ0v) is 10.7. The highest BCUT2D eigenvalue weighted by Crippen LogP contribution is 2.24. The molecule has 0 aromatic heterocycles. The van der Waals surface area contributed by atoms with Crippen molar-refractivity contribution < 1.29 is 9.66 Å². The van der Waals surface area contributed by atoms with Gasteiger partial charge in [0.1, 0.15) is 0 Å². The van der Waals surface area contributed by atoms with E-state index in [1.54, 1.807) is 19.1 Å². The molecule has 1 heterocycles. The van der Waals surface area contributed by atoms with E-state index < -0.39 is 0 Å². The molecule has 1 aliphatic rings. The van der Waals surface area contributed by atoms with Crippen LogP contribution in [0.1, 0.15) is 25.3 Å². The van der Waals surface area contributed by atoms with Gasteiger partial charge in [0.2, 0.25) is 0 Å². The fourth-order valence-corrected chi connectivity index (χ4v) is 2.31. The molecule has 18 heavy (non-hydrogen) atoms. The van der Waals surface area contributed by atoms with Crippen LogP contribution < -0.4 is 5.32 Å². The molecule has 5 heteroatoms. The molecule has 0 amide bonds. The van der Waals surface area contributed by atoms with Crippen molar-refractivity contribution in [2.75, 3.05) is 11.9 Å². The Kier molecular flexibility index (Phi) is 3.81. The van der Waals surface area contributed by atoms with E-state index in [9.17, 15) is 10.1 Å². The Bertz CT molecular complexity index is 448. The monoisotopic (exact) mass is 250 g/mol. The number of hydrogen-bond donors (Lipinski definition) is 1. The van der Waals surface area contributed by atoms with Crippen molar-refractivity contribution >= 4 is 11.4 Å². The van der Waals surface area contributed by atoms with Gasteiger partial charge in [0.15, 0.2) is 0 Å². The van der Waals surface area contributed by atoms with E-state index in [0.717, 1.165) is 25.1 Å². The van der Waals surface area contributed by atoms with Crippen molar-refractivity contribution in [1.29, 1.82) is 0 Å². The van der Waals surface area contributed by atoms with Crippen LogP contribution in [0.15, 0.2) is 18.2 Å². The minimum Gasteiger partial charge on any atom is -0.382 e. The predicted molar refractivity (Wildman–Crippen MR) is 69.9 cm³/mol. The average molecular weight is 250 g/mol. The average Bonchev–Trinajstić information content (AvgIpc) is 2.28. The van der Waals surface area contributed by atoms with E-state index in [1.165, 1.54) is 0 Å². The molecule has 1 fully saturated rings. The van der Waals surface area contributed by atoms with Gasteiger partial charge >= 0.3 is 0 Å². The quantitative estimate of drug-likeness (QED) is 0.661. The molecule has 0 radical (unpaired) electrons. The van der Waals surface area contributed by atoms with Crippen LogP contribution >= 0.6 is 0 Å². The minimum absolute atomic E-state index is 0.167. The Morgan fingerprint density at radius 3 is 2.89 bits per heavy atom. The molecule has 5 nitrogen and oxygen atoms in total. The molecule has 0 aliphatic carbocycles. The highest BCUT2D eigenvalue weighted by atomic mass is 16.6. The number of hydrogen-bond acceptors (Lipinski definition) is 4. The lowest BCUT2D eigenvalue weighted by atomic mass is 10.0. The van der Waals surface area contributed by atoms with Gasteiger partial charge in [-0.2, -0.15) is 0 Å². The molecule has 2 rings (SSSR count). The normalized spacial score (nSPS) is 23.7. The Labute approximate surface area is 106 Å². The third kappa shape index (κ3) is 2.98. The van der Waals surface area contributed by atoms with Gasteiger partial charge in [-0.1, -0.05) is 0 Å². The Balaban J connectivity index is 2.05. The standard InChI is InChI=1S/C13H18N2O3/c1-9-7-11(3-4-13(9)15(16)17)14-12-5-6-18-10(2)8-12/h3-4,7,10,12,14H,5-6,8H2,1-2H3. The zero-order chi connectivity index (χ0) is 13.1. The molecule has 1 N–H and O–H groups in total. The number of rotatable bonds is 3. The van der Waals surface area contributed by atoms with Crippen LogP contribution in [0.4, 0.5) is 11.4 Å². The maximum absolute atomic E-state index is 10.7. The summed E-state index contributed by atoms with van der Waals surface area (Å²) in [6.07, 6.45) is 2.21. The lowest BCUT2D eigenvalue weighted by molar-refractivity contribution is -0.385. The van der Waals surface area contributed by atoms with Crippen molar-refractivity contribution in [3.05, 3.63) is 33.9 Å². The third-order valence-electron chi connectivity index (χ3n) is 3.25. The smallest absolute Gasteiger partial charge is 0.272 e. The molecule has 0 saturated carbocycles. The van der Waals surface area contributed by atoms with Crippen LogP contribution in [0, 0.1) is 17.0 Å². The highest BCUT2D eigenvalue weighted by molar-refractivity contribution is 5.54. The van der Waals surface area contributed by atoms with Gasteiger partial charge in [0.05, 0.1) is 11.0 Å². The molecule has 2 atom stereocenters. The van der Waals surface area contributed by atoms with E-state index in [-0.39, 0.29) is 16.7 Å². The first kappa shape index (κ1) is 12.8. The first-order valence-electron chi connectivity index (χ1n) is 6.19. The SMILES string of the molecule is Cc1cc(NC2CCOC(C)C2)ccc1[N+](=O)[O-]. The third-order valence-corrected chi connectivity index (χ3v) is 3.25. The molecule has 1 aliphatic heterocycles.